The maximum Gasteiger partial charge on any atom is 0.469 e. The zero-order chi connectivity index (χ0) is 53.3. The molecule has 0 aromatic heterocycles. The highest BCUT2D eigenvalue weighted by atomic mass is 31.2. The molecule has 0 aliphatic carbocycles. The Morgan fingerprint density at radius 3 is 1.50 bits per heavy atom. The summed E-state index contributed by atoms with van der Waals surface area (Å²) in [5, 5.41) is 19.0. The Kier molecular flexibility index (Phi) is 47.5. The summed E-state index contributed by atoms with van der Waals surface area (Å²) in [4.78, 5) is 84.5. The van der Waals surface area contributed by atoms with Crippen LogP contribution in [0.2, 0.25) is 0 Å². The molecule has 17 heteroatoms. The summed E-state index contributed by atoms with van der Waals surface area (Å²) >= 11 is 0. The number of hydrogen-bond donors (Lipinski definition) is 7. The number of ether oxygens (including phenoxy) is 2. The number of esters is 2. The number of nitrogens with two attached hydrogens (primary N) is 1. The molecule has 0 unspecified atom stereocenters. The molecule has 0 aromatic rings. The number of hydrogen-bond acceptors (Lipinski definition) is 11. The van der Waals surface area contributed by atoms with Crippen LogP contribution in [0.1, 0.15) is 271 Å². The Bertz CT molecular complexity index is 1390. The highest BCUT2D eigenvalue weighted by molar-refractivity contribution is 7.46. The number of amides is 3. The number of carbonyl (C=O) groups is 5. The molecule has 0 fully saturated rings. The molecule has 424 valence electrons. The van der Waals surface area contributed by atoms with Crippen molar-refractivity contribution in [2.24, 2.45) is 5.73 Å². The van der Waals surface area contributed by atoms with Crippen molar-refractivity contribution in [3.63, 3.8) is 0 Å². The van der Waals surface area contributed by atoms with Gasteiger partial charge in [0.15, 0.2) is 0 Å². The average molecular weight is 1050 g/mol. The van der Waals surface area contributed by atoms with E-state index in [4.69, 9.17) is 15.2 Å². The lowest BCUT2D eigenvalue weighted by atomic mass is 10.0. The topological polar surface area (TPSA) is 253 Å². The molecule has 72 heavy (non-hydrogen) atoms. The van der Waals surface area contributed by atoms with Gasteiger partial charge in [0.25, 0.3) is 0 Å². The highest BCUT2D eigenvalue weighted by Gasteiger charge is 2.26. The SMILES string of the molecule is CCCCCCCCCCCC(=O)O[C@H](CCCCCCCCCCC)CC(=O)N[C@H](CCOP(=O)(O)O)C(=O)NCCC[C@H](COC(=O)CCCCCN)NC(=O)C[C@H](O)CCCCCCCCCCC. The fourth-order valence-corrected chi connectivity index (χ4v) is 9.10. The molecule has 0 bridgehead atoms. The summed E-state index contributed by atoms with van der Waals surface area (Å²) in [7, 11) is -4.86. The lowest BCUT2D eigenvalue weighted by molar-refractivity contribution is -0.151. The molecule has 3 amide bonds. The van der Waals surface area contributed by atoms with Gasteiger partial charge in [-0.2, -0.15) is 0 Å². The fraction of sp³-hybridized carbons (Fsp3) is 0.909. The summed E-state index contributed by atoms with van der Waals surface area (Å²) in [6.07, 6.45) is 32.7. The molecule has 16 nitrogen and oxygen atoms in total. The molecule has 0 aliphatic rings. The molecule has 0 rings (SSSR count). The molecular formula is C55H107N4O12P. The lowest BCUT2D eigenvalue weighted by Gasteiger charge is -2.22. The summed E-state index contributed by atoms with van der Waals surface area (Å²) in [5.41, 5.74) is 5.57. The Labute approximate surface area is 437 Å². The molecule has 4 atom stereocenters. The third kappa shape index (κ3) is 47.1. The minimum Gasteiger partial charge on any atom is -0.463 e. The van der Waals surface area contributed by atoms with Gasteiger partial charge in [-0.05, 0) is 57.9 Å². The number of aliphatic hydroxyl groups is 1. The standard InChI is InChI=1S/C55H107N4O12P/c1-4-7-10-13-16-19-22-25-29-36-48(60)44-51(61)58-47(46-69-53(63)38-32-28-33-41-56)35-34-42-57-55(65)50(40-43-70-72(66,67)68)59-52(62)45-49(37-30-26-23-20-17-14-11-8-5-2)71-54(64)39-31-27-24-21-18-15-12-9-6-3/h47-50,60H,4-46,56H2,1-3H3,(H,57,65)(H,58,61)(H,59,62)(H2,66,67,68)/t47-,48-,49-,50-/m1/s1. The second kappa shape index (κ2) is 49.3. The normalized spacial score (nSPS) is 13.3. The Balaban J connectivity index is 5.55. The van der Waals surface area contributed by atoms with Crippen molar-refractivity contribution in [1.29, 1.82) is 0 Å². The predicted molar refractivity (Wildman–Crippen MR) is 288 cm³/mol. The summed E-state index contributed by atoms with van der Waals surface area (Å²) in [6.45, 7) is 6.63. The van der Waals surface area contributed by atoms with Gasteiger partial charge in [0.05, 0.1) is 31.6 Å². The van der Waals surface area contributed by atoms with Crippen LogP contribution in [0.25, 0.3) is 0 Å². The largest absolute Gasteiger partial charge is 0.469 e. The zero-order valence-corrected chi connectivity index (χ0v) is 46.6. The van der Waals surface area contributed by atoms with Crippen molar-refractivity contribution >= 4 is 37.5 Å². The number of carbonyl (C=O) groups excluding carboxylic acids is 5. The molecule has 0 radical (unpaired) electrons. The number of phosphoric acid groups is 1. The van der Waals surface area contributed by atoms with Gasteiger partial charge in [0.1, 0.15) is 18.8 Å². The van der Waals surface area contributed by atoms with Gasteiger partial charge in [-0.15, -0.1) is 0 Å². The van der Waals surface area contributed by atoms with E-state index in [0.717, 1.165) is 77.0 Å². The number of nitrogens with one attached hydrogen (secondary N) is 3. The van der Waals surface area contributed by atoms with E-state index in [1.54, 1.807) is 0 Å². The van der Waals surface area contributed by atoms with E-state index < -0.39 is 56.5 Å². The van der Waals surface area contributed by atoms with Gasteiger partial charge in [-0.3, -0.25) is 28.5 Å². The first-order chi connectivity index (χ1) is 34.7. The van der Waals surface area contributed by atoms with Crippen LogP contribution in [0.15, 0.2) is 0 Å². The van der Waals surface area contributed by atoms with Crippen molar-refractivity contribution in [3.05, 3.63) is 0 Å². The van der Waals surface area contributed by atoms with E-state index in [0.29, 0.717) is 45.1 Å². The van der Waals surface area contributed by atoms with Crippen LogP contribution in [-0.4, -0.2) is 95.1 Å². The van der Waals surface area contributed by atoms with Crippen LogP contribution in [0.4, 0.5) is 0 Å². The maximum absolute atomic E-state index is 13.6. The van der Waals surface area contributed by atoms with Crippen molar-refractivity contribution in [2.75, 3.05) is 26.3 Å². The van der Waals surface area contributed by atoms with E-state index >= 15 is 0 Å². The first kappa shape index (κ1) is 69.4. The van der Waals surface area contributed by atoms with E-state index in [-0.39, 0.29) is 57.1 Å². The van der Waals surface area contributed by atoms with Gasteiger partial charge in [0.2, 0.25) is 17.7 Å². The molecule has 0 saturated heterocycles. The number of aliphatic hydroxyl groups excluding tert-OH is 1. The number of phosphoric ester groups is 1. The zero-order valence-electron chi connectivity index (χ0n) is 45.8. The second-order valence-electron chi connectivity index (χ2n) is 20.2. The average Bonchev–Trinajstić information content (AvgIpc) is 3.33. The molecule has 8 N–H and O–H groups in total. The van der Waals surface area contributed by atoms with Crippen molar-refractivity contribution in [2.45, 2.75) is 295 Å². The third-order valence-corrected chi connectivity index (χ3v) is 13.6. The molecule has 0 spiro atoms. The van der Waals surface area contributed by atoms with Crippen LogP contribution < -0.4 is 21.7 Å². The Morgan fingerprint density at radius 2 is 0.986 bits per heavy atom. The minimum atomic E-state index is -4.86. The van der Waals surface area contributed by atoms with Gasteiger partial charge < -0.3 is 46.1 Å². The highest BCUT2D eigenvalue weighted by Crippen LogP contribution is 2.35. The Morgan fingerprint density at radius 1 is 0.528 bits per heavy atom. The first-order valence-corrected chi connectivity index (χ1v) is 30.6. The predicted octanol–water partition coefficient (Wildman–Crippen LogP) is 11.2. The fourth-order valence-electron chi connectivity index (χ4n) is 8.76. The maximum atomic E-state index is 13.6. The van der Waals surface area contributed by atoms with Crippen LogP contribution in [-0.2, 0) is 42.5 Å². The second-order valence-corrected chi connectivity index (χ2v) is 21.4. The molecular weight excluding hydrogens is 940 g/mol. The van der Waals surface area contributed by atoms with Crippen LogP contribution >= 0.6 is 7.82 Å². The minimum absolute atomic E-state index is 0.0894. The van der Waals surface area contributed by atoms with Crippen LogP contribution in [0, 0.1) is 0 Å². The van der Waals surface area contributed by atoms with Crippen molar-refractivity contribution in [3.8, 4) is 0 Å². The lowest BCUT2D eigenvalue weighted by Crippen LogP contribution is -2.48. The van der Waals surface area contributed by atoms with E-state index in [2.05, 4.69) is 41.2 Å². The number of rotatable bonds is 53. The number of unbranched alkanes of at least 4 members (excludes halogenated alkanes) is 26. The van der Waals surface area contributed by atoms with E-state index in [1.807, 2.05) is 0 Å². The van der Waals surface area contributed by atoms with Crippen molar-refractivity contribution in [1.82, 2.24) is 16.0 Å². The quantitative estimate of drug-likeness (QED) is 0.0170. The summed E-state index contributed by atoms with van der Waals surface area (Å²) in [5.74, 6) is -2.28. The van der Waals surface area contributed by atoms with E-state index in [9.17, 15) is 43.4 Å². The Hall–Kier alpha value is -2.62. The molecule has 0 heterocycles. The first-order valence-electron chi connectivity index (χ1n) is 29.0. The molecule has 0 saturated carbocycles. The van der Waals surface area contributed by atoms with Crippen LogP contribution in [0.5, 0.6) is 0 Å². The summed E-state index contributed by atoms with van der Waals surface area (Å²) in [6, 6.07) is -1.82. The van der Waals surface area contributed by atoms with Crippen molar-refractivity contribution < 1.29 is 57.4 Å². The smallest absolute Gasteiger partial charge is 0.463 e. The third-order valence-electron chi connectivity index (χ3n) is 13.1. The van der Waals surface area contributed by atoms with Gasteiger partial charge in [-0.1, -0.05) is 188 Å². The van der Waals surface area contributed by atoms with E-state index in [1.165, 1.54) is 103 Å². The van der Waals surface area contributed by atoms with Crippen LogP contribution in [0.3, 0.4) is 0 Å². The van der Waals surface area contributed by atoms with Gasteiger partial charge in [-0.25, -0.2) is 4.57 Å². The van der Waals surface area contributed by atoms with Gasteiger partial charge in [0, 0.05) is 25.8 Å². The monoisotopic (exact) mass is 1050 g/mol. The summed E-state index contributed by atoms with van der Waals surface area (Å²) < 4.78 is 27.6. The molecule has 0 aliphatic heterocycles. The van der Waals surface area contributed by atoms with Gasteiger partial charge >= 0.3 is 19.8 Å². The molecule has 0 aromatic carbocycles.